The number of ether oxygens (including phenoxy) is 1. The van der Waals surface area contributed by atoms with Crippen LogP contribution in [-0.2, 0) is 4.79 Å². The maximum atomic E-state index is 13.5. The SMILES string of the molecule is COc1c(Cl)cc(NC(=O)[C@H]2[C@H](c3ccc(F)c(Cl)c3)C2(Cl)Cl)cc1C(=O)NCC(F)(F)C(F)(F)F. The van der Waals surface area contributed by atoms with Crippen LogP contribution in [0.2, 0.25) is 10.0 Å². The number of anilines is 1. The van der Waals surface area contributed by atoms with E-state index >= 15 is 0 Å². The van der Waals surface area contributed by atoms with Gasteiger partial charge in [-0.15, -0.1) is 23.2 Å². The van der Waals surface area contributed by atoms with Gasteiger partial charge in [-0.1, -0.05) is 29.3 Å². The van der Waals surface area contributed by atoms with Gasteiger partial charge in [0.05, 0.1) is 35.2 Å². The summed E-state index contributed by atoms with van der Waals surface area (Å²) in [5.74, 6) is -10.2. The van der Waals surface area contributed by atoms with E-state index < -0.39 is 58.0 Å². The van der Waals surface area contributed by atoms with E-state index in [1.54, 1.807) is 0 Å². The number of halogens is 10. The molecule has 0 aliphatic heterocycles. The minimum atomic E-state index is -5.89. The maximum absolute atomic E-state index is 13.5. The molecule has 2 aromatic carbocycles. The summed E-state index contributed by atoms with van der Waals surface area (Å²) in [6.45, 7) is -2.04. The van der Waals surface area contributed by atoms with Gasteiger partial charge in [0.2, 0.25) is 5.91 Å². The summed E-state index contributed by atoms with van der Waals surface area (Å²) >= 11 is 24.3. The largest absolute Gasteiger partial charge is 0.494 e. The number of hydrogen-bond acceptors (Lipinski definition) is 3. The standard InChI is InChI=1S/C21H14Cl4F6N2O3/c1-36-16-10(17(34)32-7-19(27,28)21(29,30)31)5-9(6-12(16)23)33-18(35)15-14(20(15,24)25)8-2-3-13(26)11(22)4-8/h2-6,14-15H,7H2,1H3,(H,32,34)(H,33,35)/t14-,15+/m0/s1. The maximum Gasteiger partial charge on any atom is 0.455 e. The number of carbonyl (C=O) groups is 2. The van der Waals surface area contributed by atoms with Crippen LogP contribution in [0.4, 0.5) is 32.0 Å². The molecule has 15 heteroatoms. The second kappa shape index (κ2) is 10.00. The first kappa shape index (κ1) is 28.5. The molecule has 196 valence electrons. The van der Waals surface area contributed by atoms with Crippen molar-refractivity contribution < 1.29 is 40.7 Å². The van der Waals surface area contributed by atoms with Crippen LogP contribution in [0, 0.1) is 11.7 Å². The van der Waals surface area contributed by atoms with Crippen molar-refractivity contribution in [1.82, 2.24) is 5.32 Å². The lowest BCUT2D eigenvalue weighted by atomic mass is 10.1. The lowest BCUT2D eigenvalue weighted by molar-refractivity contribution is -0.278. The fourth-order valence-electron chi connectivity index (χ4n) is 3.42. The van der Waals surface area contributed by atoms with Gasteiger partial charge in [0.1, 0.15) is 15.9 Å². The van der Waals surface area contributed by atoms with Crippen molar-refractivity contribution in [2.24, 2.45) is 5.92 Å². The first-order chi connectivity index (χ1) is 16.5. The molecule has 2 atom stereocenters. The monoisotopic (exact) mass is 596 g/mol. The van der Waals surface area contributed by atoms with Gasteiger partial charge in [-0.25, -0.2) is 4.39 Å². The molecule has 5 nitrogen and oxygen atoms in total. The smallest absolute Gasteiger partial charge is 0.455 e. The fraction of sp³-hybridized carbons (Fsp3) is 0.333. The Hall–Kier alpha value is -2.08. The van der Waals surface area contributed by atoms with Gasteiger partial charge < -0.3 is 15.4 Å². The van der Waals surface area contributed by atoms with Crippen molar-refractivity contribution in [3.63, 3.8) is 0 Å². The molecule has 0 heterocycles. The molecule has 0 radical (unpaired) electrons. The van der Waals surface area contributed by atoms with E-state index in [4.69, 9.17) is 51.1 Å². The van der Waals surface area contributed by atoms with Gasteiger partial charge in [0, 0.05) is 11.6 Å². The van der Waals surface area contributed by atoms with Gasteiger partial charge in [-0.2, -0.15) is 22.0 Å². The quantitative estimate of drug-likeness (QED) is 0.279. The molecule has 36 heavy (non-hydrogen) atoms. The van der Waals surface area contributed by atoms with Gasteiger partial charge in [0.25, 0.3) is 5.91 Å². The number of hydrogen-bond donors (Lipinski definition) is 2. The third kappa shape index (κ3) is 5.58. The van der Waals surface area contributed by atoms with Crippen molar-refractivity contribution in [1.29, 1.82) is 0 Å². The van der Waals surface area contributed by atoms with Crippen LogP contribution in [0.5, 0.6) is 5.75 Å². The lowest BCUT2D eigenvalue weighted by Crippen LogP contribution is -2.46. The Balaban J connectivity index is 1.82. The van der Waals surface area contributed by atoms with Crippen molar-refractivity contribution >= 4 is 63.9 Å². The van der Waals surface area contributed by atoms with E-state index in [0.717, 1.165) is 25.3 Å². The first-order valence-corrected chi connectivity index (χ1v) is 11.3. The number of alkyl halides is 7. The van der Waals surface area contributed by atoms with E-state index in [0.29, 0.717) is 5.56 Å². The zero-order valence-electron chi connectivity index (χ0n) is 17.8. The third-order valence-electron chi connectivity index (χ3n) is 5.28. The molecule has 0 spiro atoms. The molecular weight excluding hydrogens is 584 g/mol. The highest BCUT2D eigenvalue weighted by Gasteiger charge is 2.67. The highest BCUT2D eigenvalue weighted by Crippen LogP contribution is 2.65. The summed E-state index contributed by atoms with van der Waals surface area (Å²) in [7, 11) is 1.08. The van der Waals surface area contributed by atoms with E-state index in [1.807, 2.05) is 0 Å². The van der Waals surface area contributed by atoms with Gasteiger partial charge >= 0.3 is 12.1 Å². The van der Waals surface area contributed by atoms with Crippen molar-refractivity contribution in [3.05, 3.63) is 57.3 Å². The number of benzene rings is 2. The van der Waals surface area contributed by atoms with E-state index in [-0.39, 0.29) is 21.5 Å². The average molecular weight is 598 g/mol. The summed E-state index contributed by atoms with van der Waals surface area (Å²) in [6, 6.07) is 5.79. The molecule has 0 aromatic heterocycles. The Morgan fingerprint density at radius 1 is 1.06 bits per heavy atom. The predicted molar refractivity (Wildman–Crippen MR) is 122 cm³/mol. The molecule has 2 N–H and O–H groups in total. The highest BCUT2D eigenvalue weighted by atomic mass is 35.5. The Labute approximate surface area is 220 Å². The van der Waals surface area contributed by atoms with Crippen LogP contribution in [0.25, 0.3) is 0 Å². The lowest BCUT2D eigenvalue weighted by Gasteiger charge is -2.20. The average Bonchev–Trinajstić information content (AvgIpc) is 3.34. The van der Waals surface area contributed by atoms with Gasteiger partial charge in [-0.05, 0) is 29.8 Å². The summed E-state index contributed by atoms with van der Waals surface area (Å²) in [4.78, 5) is 25.2. The van der Waals surface area contributed by atoms with Crippen molar-refractivity contribution in [2.45, 2.75) is 22.4 Å². The number of methoxy groups -OCH3 is 1. The molecule has 0 bridgehead atoms. The van der Waals surface area contributed by atoms with Crippen LogP contribution >= 0.6 is 46.4 Å². The van der Waals surface area contributed by atoms with Crippen LogP contribution in [-0.4, -0.2) is 41.9 Å². The first-order valence-electron chi connectivity index (χ1n) is 9.75. The molecule has 3 rings (SSSR count). The highest BCUT2D eigenvalue weighted by molar-refractivity contribution is 6.53. The molecule has 1 aliphatic rings. The van der Waals surface area contributed by atoms with Crippen molar-refractivity contribution in [3.8, 4) is 5.75 Å². The van der Waals surface area contributed by atoms with Gasteiger partial charge in [0.15, 0.2) is 0 Å². The zero-order valence-corrected chi connectivity index (χ0v) is 20.8. The summed E-state index contributed by atoms with van der Waals surface area (Å²) in [6.07, 6.45) is -5.89. The molecule has 0 unspecified atom stereocenters. The number of rotatable bonds is 7. The zero-order chi connectivity index (χ0) is 27.2. The normalized spacial score (nSPS) is 19.0. The second-order valence-corrected chi connectivity index (χ2v) is 9.98. The predicted octanol–water partition coefficient (Wildman–Crippen LogP) is 6.59. The Morgan fingerprint density at radius 3 is 2.25 bits per heavy atom. The molecule has 1 aliphatic carbocycles. The number of carbonyl (C=O) groups excluding carboxylic acids is 2. The molecule has 2 amide bonds. The molecular formula is C21H14Cl4F6N2O3. The Bertz CT molecular complexity index is 1210. The minimum absolute atomic E-state index is 0.134. The van der Waals surface area contributed by atoms with Crippen LogP contribution in [0.3, 0.4) is 0 Å². The van der Waals surface area contributed by atoms with Crippen LogP contribution < -0.4 is 15.4 Å². The molecule has 0 saturated heterocycles. The van der Waals surface area contributed by atoms with Crippen LogP contribution in [0.1, 0.15) is 21.8 Å². The van der Waals surface area contributed by atoms with Gasteiger partial charge in [-0.3, -0.25) is 9.59 Å². The summed E-state index contributed by atoms with van der Waals surface area (Å²) < 4.78 is 80.4. The number of nitrogens with one attached hydrogen (secondary N) is 2. The second-order valence-electron chi connectivity index (χ2n) is 7.72. The van der Waals surface area contributed by atoms with E-state index in [9.17, 15) is 35.9 Å². The van der Waals surface area contributed by atoms with E-state index in [1.165, 1.54) is 17.4 Å². The summed E-state index contributed by atoms with van der Waals surface area (Å²) in [5, 5.41) is 3.40. The number of amides is 2. The van der Waals surface area contributed by atoms with Crippen LogP contribution in [0.15, 0.2) is 30.3 Å². The molecule has 1 saturated carbocycles. The Morgan fingerprint density at radius 2 is 1.69 bits per heavy atom. The third-order valence-corrected chi connectivity index (χ3v) is 6.80. The van der Waals surface area contributed by atoms with E-state index in [2.05, 4.69) is 5.32 Å². The Kier molecular flexibility index (Phi) is 7.91. The molecule has 2 aromatic rings. The van der Waals surface area contributed by atoms with Crippen molar-refractivity contribution in [2.75, 3.05) is 19.0 Å². The summed E-state index contributed by atoms with van der Waals surface area (Å²) in [5.41, 5.74) is -0.283. The minimum Gasteiger partial charge on any atom is -0.494 e. The molecule has 1 fully saturated rings. The topological polar surface area (TPSA) is 67.4 Å². The fourth-order valence-corrected chi connectivity index (χ4v) is 4.74.